The highest BCUT2D eigenvalue weighted by molar-refractivity contribution is 9.09. The quantitative estimate of drug-likeness (QED) is 0.274. The minimum Gasteiger partial charge on any atom is -0.492 e. The van der Waals surface area contributed by atoms with E-state index in [4.69, 9.17) is 9.57 Å². The van der Waals surface area contributed by atoms with Crippen LogP contribution in [0.1, 0.15) is 25.3 Å². The van der Waals surface area contributed by atoms with Gasteiger partial charge < -0.3 is 14.3 Å². The molecule has 0 atom stereocenters. The summed E-state index contributed by atoms with van der Waals surface area (Å²) < 4.78 is 10.4. The van der Waals surface area contributed by atoms with Crippen molar-refractivity contribution in [2.24, 2.45) is 5.16 Å². The topological polar surface area (TPSA) is 57.1 Å². The molecule has 122 valence electrons. The fourth-order valence-electron chi connectivity index (χ4n) is 1.84. The van der Waals surface area contributed by atoms with Crippen LogP contribution in [-0.4, -0.2) is 37.3 Å². The molecule has 1 rings (SSSR count). The molecule has 0 bridgehead atoms. The van der Waals surface area contributed by atoms with E-state index in [1.165, 1.54) is 7.11 Å². The van der Waals surface area contributed by atoms with Gasteiger partial charge in [-0.15, -0.1) is 0 Å². The predicted molar refractivity (Wildman–Crippen MR) is 89.7 cm³/mol. The molecule has 22 heavy (non-hydrogen) atoms. The average molecular weight is 372 g/mol. The van der Waals surface area contributed by atoms with Gasteiger partial charge in [0, 0.05) is 5.33 Å². The number of alkyl halides is 1. The largest absolute Gasteiger partial charge is 0.492 e. The zero-order valence-corrected chi connectivity index (χ0v) is 14.6. The summed E-state index contributed by atoms with van der Waals surface area (Å²) in [6.45, 7) is 2.93. The van der Waals surface area contributed by atoms with Crippen molar-refractivity contribution in [2.45, 2.75) is 26.2 Å². The number of para-hydroxylation sites is 1. The number of benzene rings is 1. The number of halogens is 1. The second kappa shape index (κ2) is 11.1. The van der Waals surface area contributed by atoms with Crippen LogP contribution < -0.4 is 4.74 Å². The maximum Gasteiger partial charge on any atom is 0.311 e. The molecule has 0 fully saturated rings. The molecule has 0 aliphatic carbocycles. The van der Waals surface area contributed by atoms with Gasteiger partial charge in [0.2, 0.25) is 0 Å². The van der Waals surface area contributed by atoms with E-state index < -0.39 is 0 Å². The first-order valence-electron chi connectivity index (χ1n) is 7.22. The van der Waals surface area contributed by atoms with Crippen LogP contribution in [0.25, 0.3) is 0 Å². The van der Waals surface area contributed by atoms with Crippen molar-refractivity contribution in [3.8, 4) is 5.75 Å². The number of hydrogen-bond donors (Lipinski definition) is 0. The number of nitrogens with zero attached hydrogens (tertiary/aromatic N) is 1. The molecule has 0 saturated heterocycles. The monoisotopic (exact) mass is 371 g/mol. The van der Waals surface area contributed by atoms with Crippen molar-refractivity contribution in [3.63, 3.8) is 0 Å². The lowest BCUT2D eigenvalue weighted by Gasteiger charge is -2.11. The Hall–Kier alpha value is -1.56. The first-order chi connectivity index (χ1) is 10.7. The van der Waals surface area contributed by atoms with Crippen LogP contribution >= 0.6 is 15.9 Å². The van der Waals surface area contributed by atoms with E-state index in [1.807, 2.05) is 31.2 Å². The van der Waals surface area contributed by atoms with Gasteiger partial charge in [-0.2, -0.15) is 0 Å². The second-order valence-electron chi connectivity index (χ2n) is 4.47. The molecule has 0 aliphatic rings. The Morgan fingerprint density at radius 1 is 1.32 bits per heavy atom. The van der Waals surface area contributed by atoms with E-state index in [2.05, 4.69) is 25.8 Å². The molecule has 0 radical (unpaired) electrons. The van der Waals surface area contributed by atoms with Crippen LogP contribution in [-0.2, 0) is 20.8 Å². The van der Waals surface area contributed by atoms with Crippen molar-refractivity contribution < 1.29 is 19.1 Å². The van der Waals surface area contributed by atoms with E-state index in [9.17, 15) is 4.79 Å². The molecule has 0 aliphatic heterocycles. The first kappa shape index (κ1) is 18.5. The summed E-state index contributed by atoms with van der Waals surface area (Å²) in [4.78, 5) is 16.5. The third kappa shape index (κ3) is 6.93. The number of hydrogen-bond acceptors (Lipinski definition) is 5. The number of methoxy groups -OCH3 is 1. The van der Waals surface area contributed by atoms with Crippen LogP contribution in [0, 0.1) is 0 Å². The van der Waals surface area contributed by atoms with Crippen molar-refractivity contribution in [1.82, 2.24) is 0 Å². The van der Waals surface area contributed by atoms with Gasteiger partial charge in [-0.3, -0.25) is 4.79 Å². The van der Waals surface area contributed by atoms with Crippen LogP contribution in [0.3, 0.4) is 0 Å². The predicted octanol–water partition coefficient (Wildman–Crippen LogP) is 3.35. The van der Waals surface area contributed by atoms with Gasteiger partial charge in [-0.1, -0.05) is 39.3 Å². The molecule has 6 heteroatoms. The van der Waals surface area contributed by atoms with Crippen molar-refractivity contribution >= 4 is 27.6 Å². The number of ether oxygens (including phenoxy) is 2. The molecule has 0 aromatic heterocycles. The summed E-state index contributed by atoms with van der Waals surface area (Å²) in [6, 6.07) is 7.87. The number of rotatable bonds is 10. The number of oxime groups is 1. The van der Waals surface area contributed by atoms with Gasteiger partial charge in [0.05, 0.1) is 25.8 Å². The summed E-state index contributed by atoms with van der Waals surface area (Å²) in [5, 5.41) is 4.78. The highest BCUT2D eigenvalue weighted by atomic mass is 79.9. The highest BCUT2D eigenvalue weighted by Gasteiger charge is 2.11. The van der Waals surface area contributed by atoms with Crippen LogP contribution in [0.4, 0.5) is 0 Å². The molecule has 5 nitrogen and oxygen atoms in total. The number of carbonyl (C=O) groups is 1. The Kier molecular flexibility index (Phi) is 9.30. The molecule has 0 unspecified atom stereocenters. The normalized spacial score (nSPS) is 11.1. The van der Waals surface area contributed by atoms with E-state index >= 15 is 0 Å². The molecule has 0 spiro atoms. The minimum absolute atomic E-state index is 0.140. The van der Waals surface area contributed by atoms with Gasteiger partial charge in [-0.25, -0.2) is 0 Å². The number of carbonyl (C=O) groups excluding carboxylic acids is 1. The smallest absolute Gasteiger partial charge is 0.311 e. The second-order valence-corrected chi connectivity index (χ2v) is 5.27. The summed E-state index contributed by atoms with van der Waals surface area (Å²) >= 11 is 3.35. The van der Waals surface area contributed by atoms with Crippen molar-refractivity contribution in [2.75, 3.05) is 25.7 Å². The maximum absolute atomic E-state index is 11.4. The summed E-state index contributed by atoms with van der Waals surface area (Å²) in [5.74, 6) is 0.540. The molecule has 0 amide bonds. The number of aryl methyl sites for hydroxylation is 1. The third-order valence-corrected chi connectivity index (χ3v) is 3.21. The lowest BCUT2D eigenvalue weighted by molar-refractivity contribution is -0.139. The SMILES string of the molecule is CCON=C(CCc1ccccc1OCCBr)CC(=O)OC. The Morgan fingerprint density at radius 2 is 2.09 bits per heavy atom. The molecule has 1 aromatic carbocycles. The first-order valence-corrected chi connectivity index (χ1v) is 8.34. The lowest BCUT2D eigenvalue weighted by Crippen LogP contribution is -2.11. The zero-order valence-electron chi connectivity index (χ0n) is 13.0. The van der Waals surface area contributed by atoms with Gasteiger partial charge in [-0.05, 0) is 31.4 Å². The highest BCUT2D eigenvalue weighted by Crippen LogP contribution is 2.20. The molecule has 0 saturated carbocycles. The lowest BCUT2D eigenvalue weighted by atomic mass is 10.0. The summed E-state index contributed by atoms with van der Waals surface area (Å²) in [6.07, 6.45) is 1.48. The summed E-state index contributed by atoms with van der Waals surface area (Å²) in [5.41, 5.74) is 1.75. The Morgan fingerprint density at radius 3 is 2.77 bits per heavy atom. The van der Waals surface area contributed by atoms with Gasteiger partial charge >= 0.3 is 5.97 Å². The fraction of sp³-hybridized carbons (Fsp3) is 0.500. The van der Waals surface area contributed by atoms with Crippen LogP contribution in [0.15, 0.2) is 29.4 Å². The van der Waals surface area contributed by atoms with E-state index in [0.717, 1.165) is 23.1 Å². The Labute approximate surface area is 139 Å². The summed E-state index contributed by atoms with van der Waals surface area (Å²) in [7, 11) is 1.37. The van der Waals surface area contributed by atoms with Crippen molar-refractivity contribution in [1.29, 1.82) is 0 Å². The van der Waals surface area contributed by atoms with Crippen LogP contribution in [0.2, 0.25) is 0 Å². The average Bonchev–Trinajstić information content (AvgIpc) is 2.55. The van der Waals surface area contributed by atoms with Gasteiger partial charge in [0.25, 0.3) is 0 Å². The van der Waals surface area contributed by atoms with Gasteiger partial charge in [0.1, 0.15) is 12.4 Å². The minimum atomic E-state index is -0.317. The van der Waals surface area contributed by atoms with Crippen molar-refractivity contribution in [3.05, 3.63) is 29.8 Å². The van der Waals surface area contributed by atoms with E-state index in [0.29, 0.717) is 25.3 Å². The fourth-order valence-corrected chi connectivity index (χ4v) is 2.00. The number of esters is 1. The molecule has 1 aromatic rings. The molecular weight excluding hydrogens is 350 g/mol. The Balaban J connectivity index is 2.69. The third-order valence-electron chi connectivity index (χ3n) is 2.89. The van der Waals surface area contributed by atoms with Gasteiger partial charge in [0.15, 0.2) is 0 Å². The molecule has 0 heterocycles. The van der Waals surface area contributed by atoms with Crippen LogP contribution in [0.5, 0.6) is 5.75 Å². The zero-order chi connectivity index (χ0) is 16.2. The van der Waals surface area contributed by atoms with E-state index in [1.54, 1.807) is 0 Å². The van der Waals surface area contributed by atoms with E-state index in [-0.39, 0.29) is 12.4 Å². The Bertz CT molecular complexity index is 491. The molecular formula is C16H22BrNO4. The standard InChI is InChI=1S/C16H22BrNO4/c1-3-22-18-14(12-16(19)20-2)9-8-13-6-4-5-7-15(13)21-11-10-17/h4-7H,3,8-12H2,1-2H3. The molecule has 0 N–H and O–H groups in total. The maximum atomic E-state index is 11.4.